The molecule has 4 heteroatoms. The van der Waals surface area contributed by atoms with Gasteiger partial charge in [0.25, 0.3) is 0 Å². The molecule has 0 radical (unpaired) electrons. The first-order valence-corrected chi connectivity index (χ1v) is 6.76. The normalized spacial score (nSPS) is 17.1. The van der Waals surface area contributed by atoms with Crippen molar-refractivity contribution in [3.8, 4) is 5.69 Å². The van der Waals surface area contributed by atoms with Crippen molar-refractivity contribution in [1.29, 1.82) is 0 Å². The standard InChI is InChI=1S/C15H19N3O/c19-12-15(7-4-8-15)16-9-13-10-17-18(11-13)14-5-2-1-3-6-14/h1-3,5-6,10-11,16,19H,4,7-9,12H2. The van der Waals surface area contributed by atoms with E-state index in [9.17, 15) is 5.11 Å². The highest BCUT2D eigenvalue weighted by atomic mass is 16.3. The molecule has 19 heavy (non-hydrogen) atoms. The highest BCUT2D eigenvalue weighted by Crippen LogP contribution is 2.31. The van der Waals surface area contributed by atoms with Crippen LogP contribution >= 0.6 is 0 Å². The number of hydrogen-bond acceptors (Lipinski definition) is 3. The number of nitrogens with zero attached hydrogens (tertiary/aromatic N) is 2. The molecule has 1 heterocycles. The average molecular weight is 257 g/mol. The van der Waals surface area contributed by atoms with Crippen molar-refractivity contribution in [2.24, 2.45) is 0 Å². The molecule has 0 aliphatic heterocycles. The molecule has 3 rings (SSSR count). The first-order chi connectivity index (χ1) is 9.31. The third-order valence-corrected chi connectivity index (χ3v) is 3.94. The third kappa shape index (κ3) is 2.55. The van der Waals surface area contributed by atoms with Gasteiger partial charge in [0, 0.05) is 23.8 Å². The van der Waals surface area contributed by atoms with E-state index in [4.69, 9.17) is 0 Å². The molecule has 1 saturated carbocycles. The summed E-state index contributed by atoms with van der Waals surface area (Å²) in [5, 5.41) is 17.2. The summed E-state index contributed by atoms with van der Waals surface area (Å²) in [5.41, 5.74) is 2.16. The maximum atomic E-state index is 9.41. The lowest BCUT2D eigenvalue weighted by atomic mass is 9.77. The SMILES string of the molecule is OCC1(NCc2cnn(-c3ccccc3)c2)CCC1. The lowest BCUT2D eigenvalue weighted by Gasteiger charge is -2.41. The fourth-order valence-electron chi connectivity index (χ4n) is 2.46. The number of hydrogen-bond donors (Lipinski definition) is 2. The van der Waals surface area contributed by atoms with Crippen LogP contribution in [0.15, 0.2) is 42.7 Å². The molecule has 100 valence electrons. The Bertz CT molecular complexity index is 526. The van der Waals surface area contributed by atoms with Crippen LogP contribution in [0.25, 0.3) is 5.69 Å². The Balaban J connectivity index is 1.65. The predicted octanol–water partition coefficient (Wildman–Crippen LogP) is 1.88. The van der Waals surface area contributed by atoms with E-state index in [1.807, 2.05) is 47.4 Å². The summed E-state index contributed by atoms with van der Waals surface area (Å²) >= 11 is 0. The summed E-state index contributed by atoms with van der Waals surface area (Å²) in [6.07, 6.45) is 7.25. The van der Waals surface area contributed by atoms with Gasteiger partial charge < -0.3 is 10.4 Å². The number of aliphatic hydroxyl groups is 1. The Morgan fingerprint density at radius 1 is 1.26 bits per heavy atom. The van der Waals surface area contributed by atoms with Gasteiger partial charge in [0.05, 0.1) is 18.5 Å². The number of nitrogens with one attached hydrogen (secondary N) is 1. The zero-order chi connectivity index (χ0) is 13.1. The van der Waals surface area contributed by atoms with E-state index in [1.54, 1.807) is 0 Å². The van der Waals surface area contributed by atoms with Crippen LogP contribution in [0.3, 0.4) is 0 Å². The molecule has 1 aliphatic rings. The van der Waals surface area contributed by atoms with Gasteiger partial charge in [0.2, 0.25) is 0 Å². The van der Waals surface area contributed by atoms with Gasteiger partial charge in [-0.2, -0.15) is 5.10 Å². The number of rotatable bonds is 5. The van der Waals surface area contributed by atoms with E-state index in [1.165, 1.54) is 6.42 Å². The minimum Gasteiger partial charge on any atom is -0.394 e. The molecule has 0 atom stereocenters. The third-order valence-electron chi connectivity index (χ3n) is 3.94. The zero-order valence-electron chi connectivity index (χ0n) is 10.9. The molecule has 1 fully saturated rings. The molecule has 2 N–H and O–H groups in total. The van der Waals surface area contributed by atoms with Crippen molar-refractivity contribution in [2.75, 3.05) is 6.61 Å². The van der Waals surface area contributed by atoms with E-state index in [-0.39, 0.29) is 12.1 Å². The van der Waals surface area contributed by atoms with Crippen molar-refractivity contribution < 1.29 is 5.11 Å². The van der Waals surface area contributed by atoms with Crippen molar-refractivity contribution in [2.45, 2.75) is 31.3 Å². The molecule has 2 aromatic rings. The van der Waals surface area contributed by atoms with Gasteiger partial charge in [-0.3, -0.25) is 0 Å². The molecular weight excluding hydrogens is 238 g/mol. The number of aromatic nitrogens is 2. The van der Waals surface area contributed by atoms with Gasteiger partial charge in [-0.15, -0.1) is 0 Å². The summed E-state index contributed by atoms with van der Waals surface area (Å²) in [6.45, 7) is 0.979. The van der Waals surface area contributed by atoms with E-state index >= 15 is 0 Å². The average Bonchev–Trinajstić information content (AvgIpc) is 2.88. The molecular formula is C15H19N3O. The molecule has 0 bridgehead atoms. The molecule has 0 spiro atoms. The van der Waals surface area contributed by atoms with Gasteiger partial charge in [-0.1, -0.05) is 18.2 Å². The lowest BCUT2D eigenvalue weighted by molar-refractivity contribution is 0.0872. The van der Waals surface area contributed by atoms with Gasteiger partial charge in [0.1, 0.15) is 0 Å². The summed E-state index contributed by atoms with van der Waals surface area (Å²) in [4.78, 5) is 0. The van der Waals surface area contributed by atoms with E-state index in [2.05, 4.69) is 10.4 Å². The fourth-order valence-corrected chi connectivity index (χ4v) is 2.46. The van der Waals surface area contributed by atoms with Crippen molar-refractivity contribution >= 4 is 0 Å². The maximum Gasteiger partial charge on any atom is 0.0645 e. The van der Waals surface area contributed by atoms with Crippen molar-refractivity contribution in [3.05, 3.63) is 48.3 Å². The largest absolute Gasteiger partial charge is 0.394 e. The summed E-state index contributed by atoms with van der Waals surface area (Å²) < 4.78 is 1.88. The second-order valence-corrected chi connectivity index (χ2v) is 5.27. The maximum absolute atomic E-state index is 9.41. The van der Waals surface area contributed by atoms with Gasteiger partial charge >= 0.3 is 0 Å². The topological polar surface area (TPSA) is 50.1 Å². The highest BCUT2D eigenvalue weighted by molar-refractivity contribution is 5.30. The number of benzene rings is 1. The van der Waals surface area contributed by atoms with Crippen LogP contribution in [-0.4, -0.2) is 27.0 Å². The first kappa shape index (κ1) is 12.4. The minimum atomic E-state index is -0.0468. The van der Waals surface area contributed by atoms with E-state index in [0.717, 1.165) is 30.6 Å². The molecule has 0 unspecified atom stereocenters. The number of aliphatic hydroxyl groups excluding tert-OH is 1. The Morgan fingerprint density at radius 2 is 2.05 bits per heavy atom. The van der Waals surface area contributed by atoms with Crippen LogP contribution in [0.2, 0.25) is 0 Å². The second kappa shape index (κ2) is 5.15. The Kier molecular flexibility index (Phi) is 3.36. The van der Waals surface area contributed by atoms with Crippen LogP contribution in [0.5, 0.6) is 0 Å². The van der Waals surface area contributed by atoms with Crippen LogP contribution in [0, 0.1) is 0 Å². The fraction of sp³-hybridized carbons (Fsp3) is 0.400. The van der Waals surface area contributed by atoms with E-state index < -0.39 is 0 Å². The van der Waals surface area contributed by atoms with Gasteiger partial charge in [0.15, 0.2) is 0 Å². The predicted molar refractivity (Wildman–Crippen MR) is 74.1 cm³/mol. The minimum absolute atomic E-state index is 0.0468. The Hall–Kier alpha value is -1.65. The smallest absolute Gasteiger partial charge is 0.0645 e. The van der Waals surface area contributed by atoms with Crippen molar-refractivity contribution in [3.63, 3.8) is 0 Å². The molecule has 1 aromatic carbocycles. The second-order valence-electron chi connectivity index (χ2n) is 5.27. The molecule has 4 nitrogen and oxygen atoms in total. The quantitative estimate of drug-likeness (QED) is 0.860. The molecule has 0 saturated heterocycles. The monoisotopic (exact) mass is 257 g/mol. The Labute approximate surface area is 113 Å². The highest BCUT2D eigenvalue weighted by Gasteiger charge is 2.35. The zero-order valence-corrected chi connectivity index (χ0v) is 10.9. The van der Waals surface area contributed by atoms with E-state index in [0.29, 0.717) is 0 Å². The molecule has 1 aromatic heterocycles. The van der Waals surface area contributed by atoms with Gasteiger partial charge in [-0.25, -0.2) is 4.68 Å². The van der Waals surface area contributed by atoms with Crippen LogP contribution in [0.4, 0.5) is 0 Å². The molecule has 1 aliphatic carbocycles. The van der Waals surface area contributed by atoms with Gasteiger partial charge in [-0.05, 0) is 31.4 Å². The summed E-state index contributed by atoms with van der Waals surface area (Å²) in [7, 11) is 0. The molecule has 0 amide bonds. The van der Waals surface area contributed by atoms with Crippen LogP contribution in [-0.2, 0) is 6.54 Å². The first-order valence-electron chi connectivity index (χ1n) is 6.76. The van der Waals surface area contributed by atoms with Crippen LogP contribution in [0.1, 0.15) is 24.8 Å². The van der Waals surface area contributed by atoms with Crippen molar-refractivity contribution in [1.82, 2.24) is 15.1 Å². The van der Waals surface area contributed by atoms with Crippen LogP contribution < -0.4 is 5.32 Å². The summed E-state index contributed by atoms with van der Waals surface area (Å²) in [6, 6.07) is 10.1. The lowest BCUT2D eigenvalue weighted by Crippen LogP contribution is -2.53. The summed E-state index contributed by atoms with van der Waals surface area (Å²) in [5.74, 6) is 0. The number of para-hydroxylation sites is 1. The Morgan fingerprint density at radius 3 is 2.68 bits per heavy atom.